The van der Waals surface area contributed by atoms with E-state index < -0.39 is 0 Å². The lowest BCUT2D eigenvalue weighted by Gasteiger charge is -2.40. The maximum absolute atomic E-state index is 12.8. The highest BCUT2D eigenvalue weighted by molar-refractivity contribution is 6.01. The Bertz CT molecular complexity index is 1080. The third-order valence-corrected chi connectivity index (χ3v) is 5.08. The normalized spacial score (nSPS) is 16.0. The lowest BCUT2D eigenvalue weighted by atomic mass is 10.1. The van der Waals surface area contributed by atoms with Crippen LogP contribution in [-0.2, 0) is 11.3 Å². The Morgan fingerprint density at radius 1 is 1.10 bits per heavy atom. The highest BCUT2D eigenvalue weighted by Gasteiger charge is 2.35. The number of aromatic nitrogens is 3. The number of hydrogen-bond acceptors (Lipinski definition) is 6. The Kier molecular flexibility index (Phi) is 4.75. The van der Waals surface area contributed by atoms with Crippen molar-refractivity contribution in [3.05, 3.63) is 77.1 Å². The molecule has 3 aromatic rings. The Balaban J connectivity index is 1.60. The molecule has 148 valence electrons. The number of carbonyl (C=O) groups is 2. The number of benzene rings is 2. The smallest absolute Gasteiger partial charge is 0.337 e. The zero-order valence-electron chi connectivity index (χ0n) is 16.4. The van der Waals surface area contributed by atoms with Gasteiger partial charge in [-0.25, -0.2) is 9.48 Å². The van der Waals surface area contributed by atoms with Gasteiger partial charge in [0.2, 0.25) is 0 Å². The van der Waals surface area contributed by atoms with E-state index in [4.69, 9.17) is 4.74 Å². The van der Waals surface area contributed by atoms with Crippen LogP contribution in [-0.4, -0.2) is 53.0 Å². The van der Waals surface area contributed by atoms with Gasteiger partial charge in [0.15, 0.2) is 6.17 Å². The summed E-state index contributed by atoms with van der Waals surface area (Å²) in [7, 11) is 5.05. The van der Waals surface area contributed by atoms with Crippen molar-refractivity contribution in [1.29, 1.82) is 0 Å². The van der Waals surface area contributed by atoms with Crippen LogP contribution in [0.1, 0.15) is 38.1 Å². The van der Waals surface area contributed by atoms with Crippen LogP contribution in [0.3, 0.4) is 0 Å². The molecule has 2 aromatic carbocycles. The molecule has 0 saturated heterocycles. The quantitative estimate of drug-likeness (QED) is 0.635. The lowest BCUT2D eigenvalue weighted by Crippen LogP contribution is -2.45. The zero-order chi connectivity index (χ0) is 20.5. The average Bonchev–Trinajstić information content (AvgIpc) is 3.19. The van der Waals surface area contributed by atoms with Gasteiger partial charge in [0.25, 0.3) is 5.91 Å². The number of methoxy groups -OCH3 is 1. The molecule has 2 heterocycles. The predicted octanol–water partition coefficient (Wildman–Crippen LogP) is 2.33. The van der Waals surface area contributed by atoms with Gasteiger partial charge in [-0.3, -0.25) is 4.79 Å². The molecule has 0 radical (unpaired) electrons. The first-order valence-electron chi connectivity index (χ1n) is 9.16. The van der Waals surface area contributed by atoms with Crippen LogP contribution in [0.4, 0.5) is 5.69 Å². The molecule has 1 amide bonds. The molecule has 0 N–H and O–H groups in total. The molecule has 1 aliphatic rings. The highest BCUT2D eigenvalue weighted by Crippen LogP contribution is 2.35. The zero-order valence-corrected chi connectivity index (χ0v) is 16.4. The van der Waals surface area contributed by atoms with E-state index in [0.29, 0.717) is 23.4 Å². The van der Waals surface area contributed by atoms with Crippen LogP contribution in [0, 0.1) is 0 Å². The number of para-hydroxylation sites is 1. The van der Waals surface area contributed by atoms with E-state index in [1.807, 2.05) is 48.5 Å². The van der Waals surface area contributed by atoms with Crippen LogP contribution < -0.4 is 4.90 Å². The number of amides is 1. The number of carbonyl (C=O) groups excluding carboxylic acids is 2. The van der Waals surface area contributed by atoms with Crippen LogP contribution >= 0.6 is 0 Å². The number of esters is 1. The fourth-order valence-electron chi connectivity index (χ4n) is 3.66. The molecule has 1 aromatic heterocycles. The molecule has 0 saturated carbocycles. The summed E-state index contributed by atoms with van der Waals surface area (Å²) in [5, 5.41) is 8.52. The van der Waals surface area contributed by atoms with E-state index in [0.717, 1.165) is 11.3 Å². The minimum Gasteiger partial charge on any atom is -0.465 e. The number of hydrogen-bond donors (Lipinski definition) is 0. The number of rotatable bonds is 4. The van der Waals surface area contributed by atoms with Gasteiger partial charge >= 0.3 is 5.97 Å². The summed E-state index contributed by atoms with van der Waals surface area (Å²) in [6, 6.07) is 14.7. The number of ether oxygens (including phenoxy) is 1. The summed E-state index contributed by atoms with van der Waals surface area (Å²) in [6.07, 6.45) is 1.47. The van der Waals surface area contributed by atoms with Crippen molar-refractivity contribution in [2.75, 3.05) is 26.1 Å². The molecule has 0 fully saturated rings. The second-order valence-electron chi connectivity index (χ2n) is 6.95. The molecule has 0 bridgehead atoms. The van der Waals surface area contributed by atoms with Crippen molar-refractivity contribution in [2.45, 2.75) is 12.7 Å². The van der Waals surface area contributed by atoms with Gasteiger partial charge in [-0.2, -0.15) is 0 Å². The molecule has 29 heavy (non-hydrogen) atoms. The largest absolute Gasteiger partial charge is 0.465 e. The SMILES string of the molecule is COC(=O)c1cccc(Cn2cc(C3N(C)C(=O)c4ccccc4N3C)nn2)c1. The van der Waals surface area contributed by atoms with Crippen LogP contribution in [0.2, 0.25) is 0 Å². The third kappa shape index (κ3) is 3.33. The Morgan fingerprint density at radius 2 is 1.90 bits per heavy atom. The topological polar surface area (TPSA) is 80.6 Å². The number of anilines is 1. The van der Waals surface area contributed by atoms with Crippen molar-refractivity contribution >= 4 is 17.6 Å². The average molecular weight is 391 g/mol. The van der Waals surface area contributed by atoms with Gasteiger partial charge in [-0.1, -0.05) is 29.5 Å². The van der Waals surface area contributed by atoms with E-state index in [2.05, 4.69) is 10.3 Å². The van der Waals surface area contributed by atoms with Crippen LogP contribution in [0.25, 0.3) is 0 Å². The van der Waals surface area contributed by atoms with Gasteiger partial charge in [-0.15, -0.1) is 5.10 Å². The van der Waals surface area contributed by atoms with E-state index in [9.17, 15) is 9.59 Å². The first-order valence-corrected chi connectivity index (χ1v) is 9.16. The maximum Gasteiger partial charge on any atom is 0.337 e. The molecule has 8 heteroatoms. The summed E-state index contributed by atoms with van der Waals surface area (Å²) < 4.78 is 6.46. The third-order valence-electron chi connectivity index (χ3n) is 5.08. The molecular weight excluding hydrogens is 370 g/mol. The summed E-state index contributed by atoms with van der Waals surface area (Å²) >= 11 is 0. The van der Waals surface area contributed by atoms with E-state index in [1.54, 1.807) is 34.8 Å². The van der Waals surface area contributed by atoms with Crippen LogP contribution in [0.5, 0.6) is 0 Å². The summed E-state index contributed by atoms with van der Waals surface area (Å²) in [6.45, 7) is 0.447. The summed E-state index contributed by atoms with van der Waals surface area (Å²) in [5.41, 5.74) is 3.58. The van der Waals surface area contributed by atoms with Crippen molar-refractivity contribution in [2.24, 2.45) is 0 Å². The first kappa shape index (κ1) is 18.7. The Labute approximate surface area is 168 Å². The molecular formula is C21H21N5O3. The molecule has 4 rings (SSSR count). The molecule has 1 aliphatic heterocycles. The second-order valence-corrected chi connectivity index (χ2v) is 6.95. The number of fused-ring (bicyclic) bond motifs is 1. The van der Waals surface area contributed by atoms with Crippen molar-refractivity contribution in [3.63, 3.8) is 0 Å². The van der Waals surface area contributed by atoms with Gasteiger partial charge < -0.3 is 14.5 Å². The minimum absolute atomic E-state index is 0.0518. The van der Waals surface area contributed by atoms with E-state index in [1.165, 1.54) is 7.11 Å². The maximum atomic E-state index is 12.8. The van der Waals surface area contributed by atoms with Crippen molar-refractivity contribution in [3.8, 4) is 0 Å². The Hall–Kier alpha value is -3.68. The van der Waals surface area contributed by atoms with E-state index in [-0.39, 0.29) is 18.0 Å². The molecule has 0 aliphatic carbocycles. The second kappa shape index (κ2) is 7.38. The van der Waals surface area contributed by atoms with Gasteiger partial charge in [-0.05, 0) is 29.8 Å². The molecule has 8 nitrogen and oxygen atoms in total. The first-order chi connectivity index (χ1) is 14.0. The van der Waals surface area contributed by atoms with Crippen LogP contribution in [0.15, 0.2) is 54.7 Å². The molecule has 1 atom stereocenters. The molecule has 1 unspecified atom stereocenters. The van der Waals surface area contributed by atoms with Gasteiger partial charge in [0, 0.05) is 14.1 Å². The fraction of sp³-hybridized carbons (Fsp3) is 0.238. The Morgan fingerprint density at radius 3 is 2.69 bits per heavy atom. The van der Waals surface area contributed by atoms with Crippen molar-refractivity contribution in [1.82, 2.24) is 19.9 Å². The summed E-state index contributed by atoms with van der Waals surface area (Å²) in [5.74, 6) is -0.433. The van der Waals surface area contributed by atoms with E-state index >= 15 is 0 Å². The monoisotopic (exact) mass is 391 g/mol. The predicted molar refractivity (Wildman–Crippen MR) is 107 cm³/mol. The summed E-state index contributed by atoms with van der Waals surface area (Å²) in [4.78, 5) is 28.2. The standard InChI is InChI=1S/C21H21N5O3/c1-24-18-10-5-4-9-16(18)20(27)25(2)19(24)17-13-26(23-22-17)12-14-7-6-8-15(11-14)21(28)29-3/h4-11,13,19H,12H2,1-3H3. The van der Waals surface area contributed by atoms with Gasteiger partial charge in [0.05, 0.1) is 36.7 Å². The molecule has 0 spiro atoms. The van der Waals surface area contributed by atoms with Crippen molar-refractivity contribution < 1.29 is 14.3 Å². The fourth-order valence-corrected chi connectivity index (χ4v) is 3.66. The highest BCUT2D eigenvalue weighted by atomic mass is 16.5. The minimum atomic E-state index is -0.381. The lowest BCUT2D eigenvalue weighted by molar-refractivity contribution is 0.0600. The van der Waals surface area contributed by atoms with Gasteiger partial charge in [0.1, 0.15) is 5.69 Å². The number of nitrogens with zero attached hydrogens (tertiary/aromatic N) is 5.